The third-order valence-electron chi connectivity index (χ3n) is 3.05. The molecule has 0 amide bonds. The first-order chi connectivity index (χ1) is 9.60. The third kappa shape index (κ3) is 4.08. The molecule has 0 aliphatic heterocycles. The van der Waals surface area contributed by atoms with E-state index in [0.29, 0.717) is 6.61 Å². The van der Waals surface area contributed by atoms with Crippen molar-refractivity contribution in [3.8, 4) is 0 Å². The molecule has 0 heterocycles. The van der Waals surface area contributed by atoms with Crippen molar-refractivity contribution in [2.45, 2.75) is 19.6 Å². The van der Waals surface area contributed by atoms with Gasteiger partial charge in [0.25, 0.3) is 0 Å². The number of halogens is 2. The topological polar surface area (TPSA) is 21.3 Å². The van der Waals surface area contributed by atoms with Crippen molar-refractivity contribution < 1.29 is 4.74 Å². The summed E-state index contributed by atoms with van der Waals surface area (Å²) in [6.45, 7) is 2.78. The summed E-state index contributed by atoms with van der Waals surface area (Å²) in [5.74, 6) is 0. The summed E-state index contributed by atoms with van der Waals surface area (Å²) in [4.78, 5) is 0. The van der Waals surface area contributed by atoms with Crippen molar-refractivity contribution in [3.63, 3.8) is 0 Å². The highest BCUT2D eigenvalue weighted by Gasteiger charge is 2.09. The molecule has 4 heteroatoms. The van der Waals surface area contributed by atoms with E-state index in [4.69, 9.17) is 4.74 Å². The molecule has 2 rings (SSSR count). The Hall–Kier alpha value is -0.840. The van der Waals surface area contributed by atoms with Crippen LogP contribution in [0.4, 0.5) is 5.69 Å². The minimum absolute atomic E-state index is 0.218. The summed E-state index contributed by atoms with van der Waals surface area (Å²) in [6, 6.07) is 14.7. The van der Waals surface area contributed by atoms with Gasteiger partial charge in [0.2, 0.25) is 0 Å². The summed E-state index contributed by atoms with van der Waals surface area (Å²) < 4.78 is 7.33. The van der Waals surface area contributed by atoms with E-state index in [1.807, 2.05) is 6.07 Å². The van der Waals surface area contributed by atoms with Gasteiger partial charge in [-0.05, 0) is 42.3 Å². The first kappa shape index (κ1) is 15.5. The zero-order valence-electron chi connectivity index (χ0n) is 11.5. The van der Waals surface area contributed by atoms with E-state index in [0.717, 1.165) is 14.6 Å². The maximum Gasteiger partial charge on any atom is 0.0713 e. The Morgan fingerprint density at radius 3 is 2.65 bits per heavy atom. The Morgan fingerprint density at radius 2 is 1.95 bits per heavy atom. The first-order valence-electron chi connectivity index (χ1n) is 6.39. The highest BCUT2D eigenvalue weighted by Crippen LogP contribution is 2.29. The molecule has 2 aromatic carbocycles. The highest BCUT2D eigenvalue weighted by molar-refractivity contribution is 9.11. The third-order valence-corrected chi connectivity index (χ3v) is 4.23. The second-order valence-corrected chi connectivity index (χ2v) is 6.44. The lowest BCUT2D eigenvalue weighted by Crippen LogP contribution is -2.07. The largest absolute Gasteiger partial charge is 0.380 e. The Labute approximate surface area is 136 Å². The smallest absolute Gasteiger partial charge is 0.0713 e. The summed E-state index contributed by atoms with van der Waals surface area (Å²) in [7, 11) is 1.71. The van der Waals surface area contributed by atoms with Crippen LogP contribution in [-0.4, -0.2) is 7.11 Å². The van der Waals surface area contributed by atoms with Gasteiger partial charge >= 0.3 is 0 Å². The summed E-state index contributed by atoms with van der Waals surface area (Å²) in [5.41, 5.74) is 3.49. The zero-order valence-corrected chi connectivity index (χ0v) is 14.7. The van der Waals surface area contributed by atoms with Crippen LogP contribution in [0.1, 0.15) is 24.1 Å². The van der Waals surface area contributed by atoms with E-state index in [2.05, 4.69) is 80.5 Å². The number of methoxy groups -OCH3 is 1. The van der Waals surface area contributed by atoms with Gasteiger partial charge in [-0.3, -0.25) is 0 Å². The molecule has 0 bridgehead atoms. The maximum atomic E-state index is 5.16. The van der Waals surface area contributed by atoms with Gasteiger partial charge in [-0.25, -0.2) is 0 Å². The Kier molecular flexibility index (Phi) is 5.64. The van der Waals surface area contributed by atoms with Crippen molar-refractivity contribution in [1.82, 2.24) is 0 Å². The van der Waals surface area contributed by atoms with Crippen LogP contribution in [0.25, 0.3) is 0 Å². The molecule has 0 radical (unpaired) electrons. The van der Waals surface area contributed by atoms with Crippen molar-refractivity contribution in [2.75, 3.05) is 12.4 Å². The average Bonchev–Trinajstić information content (AvgIpc) is 2.39. The number of hydrogen-bond donors (Lipinski definition) is 1. The molecule has 2 nitrogen and oxygen atoms in total. The monoisotopic (exact) mass is 397 g/mol. The Morgan fingerprint density at radius 1 is 1.15 bits per heavy atom. The lowest BCUT2D eigenvalue weighted by molar-refractivity contribution is 0.185. The van der Waals surface area contributed by atoms with Gasteiger partial charge < -0.3 is 10.1 Å². The number of anilines is 1. The summed E-state index contributed by atoms with van der Waals surface area (Å²) in [6.07, 6.45) is 0. The van der Waals surface area contributed by atoms with E-state index >= 15 is 0 Å². The van der Waals surface area contributed by atoms with Crippen LogP contribution in [0.5, 0.6) is 0 Å². The van der Waals surface area contributed by atoms with Crippen molar-refractivity contribution in [1.29, 1.82) is 0 Å². The number of nitrogens with one attached hydrogen (secondary N) is 1. The zero-order chi connectivity index (χ0) is 14.5. The minimum atomic E-state index is 0.218. The van der Waals surface area contributed by atoms with Gasteiger partial charge in [0, 0.05) is 27.8 Å². The number of rotatable bonds is 5. The fourth-order valence-corrected chi connectivity index (χ4v) is 3.49. The lowest BCUT2D eigenvalue weighted by atomic mass is 10.1. The number of ether oxygens (including phenoxy) is 1. The first-order valence-corrected chi connectivity index (χ1v) is 7.98. The SMILES string of the molecule is COCc1cccc(NC(C)c2ccc(Br)cc2Br)c1. The average molecular weight is 399 g/mol. The molecule has 0 saturated heterocycles. The van der Waals surface area contributed by atoms with Crippen LogP contribution < -0.4 is 5.32 Å². The van der Waals surface area contributed by atoms with Crippen LogP contribution >= 0.6 is 31.9 Å². The number of hydrogen-bond acceptors (Lipinski definition) is 2. The van der Waals surface area contributed by atoms with E-state index < -0.39 is 0 Å². The molecule has 0 aliphatic rings. The number of benzene rings is 2. The van der Waals surface area contributed by atoms with Gasteiger partial charge in [0.1, 0.15) is 0 Å². The van der Waals surface area contributed by atoms with Crippen molar-refractivity contribution in [2.24, 2.45) is 0 Å². The van der Waals surface area contributed by atoms with Crippen LogP contribution in [0.2, 0.25) is 0 Å². The van der Waals surface area contributed by atoms with E-state index in [1.165, 1.54) is 11.1 Å². The predicted molar refractivity (Wildman–Crippen MR) is 91.0 cm³/mol. The normalized spacial score (nSPS) is 12.2. The molecule has 0 saturated carbocycles. The lowest BCUT2D eigenvalue weighted by Gasteiger charge is -2.18. The van der Waals surface area contributed by atoms with Crippen LogP contribution in [0.3, 0.4) is 0 Å². The Bertz CT molecular complexity index is 586. The van der Waals surface area contributed by atoms with Crippen LogP contribution in [0.15, 0.2) is 51.4 Å². The van der Waals surface area contributed by atoms with Crippen molar-refractivity contribution in [3.05, 3.63) is 62.5 Å². The molecule has 1 N–H and O–H groups in total. The molecule has 106 valence electrons. The highest BCUT2D eigenvalue weighted by atomic mass is 79.9. The molecule has 1 atom stereocenters. The molecule has 20 heavy (non-hydrogen) atoms. The fraction of sp³-hybridized carbons (Fsp3) is 0.250. The van der Waals surface area contributed by atoms with E-state index in [1.54, 1.807) is 7.11 Å². The molecule has 1 unspecified atom stereocenters. The Balaban J connectivity index is 2.14. The molecule has 0 fully saturated rings. The minimum Gasteiger partial charge on any atom is -0.380 e. The quantitative estimate of drug-likeness (QED) is 0.714. The molecule has 0 spiro atoms. The van der Waals surface area contributed by atoms with Gasteiger partial charge in [0.05, 0.1) is 6.61 Å². The van der Waals surface area contributed by atoms with Gasteiger partial charge in [0.15, 0.2) is 0 Å². The second-order valence-electron chi connectivity index (χ2n) is 4.67. The molecule has 0 aliphatic carbocycles. The summed E-state index contributed by atoms with van der Waals surface area (Å²) in [5, 5.41) is 3.52. The molecular weight excluding hydrogens is 382 g/mol. The molecule has 2 aromatic rings. The van der Waals surface area contributed by atoms with E-state index in [-0.39, 0.29) is 6.04 Å². The van der Waals surface area contributed by atoms with Gasteiger partial charge in [-0.1, -0.05) is 50.1 Å². The van der Waals surface area contributed by atoms with Crippen molar-refractivity contribution >= 4 is 37.5 Å². The molecule has 0 aromatic heterocycles. The van der Waals surface area contributed by atoms with Crippen LogP contribution in [-0.2, 0) is 11.3 Å². The van der Waals surface area contributed by atoms with Crippen LogP contribution in [0, 0.1) is 0 Å². The van der Waals surface area contributed by atoms with Gasteiger partial charge in [-0.15, -0.1) is 0 Å². The van der Waals surface area contributed by atoms with E-state index in [9.17, 15) is 0 Å². The predicted octanol–water partition coefficient (Wildman–Crippen LogP) is 5.53. The second kappa shape index (κ2) is 7.25. The summed E-state index contributed by atoms with van der Waals surface area (Å²) >= 11 is 7.09. The molecular formula is C16H17Br2NO. The standard InChI is InChI=1S/C16H17Br2NO/c1-11(15-7-6-13(17)9-16(15)18)19-14-5-3-4-12(8-14)10-20-2/h3-9,11,19H,10H2,1-2H3. The van der Waals surface area contributed by atoms with Gasteiger partial charge in [-0.2, -0.15) is 0 Å². The fourth-order valence-electron chi connectivity index (χ4n) is 2.10. The maximum absolute atomic E-state index is 5.16.